The highest BCUT2D eigenvalue weighted by molar-refractivity contribution is 8.22. The molecule has 4 heteroatoms. The highest BCUT2D eigenvalue weighted by Crippen LogP contribution is 2.36. The molecule has 0 aromatic heterocycles. The van der Waals surface area contributed by atoms with Crippen LogP contribution in [0.2, 0.25) is 0 Å². The van der Waals surface area contributed by atoms with Gasteiger partial charge in [0.1, 0.15) is 4.32 Å². The van der Waals surface area contributed by atoms with E-state index in [1.54, 1.807) is 0 Å². The van der Waals surface area contributed by atoms with Crippen molar-refractivity contribution in [2.45, 2.75) is 69.8 Å². The molecule has 0 bridgehead atoms. The van der Waals surface area contributed by atoms with E-state index in [9.17, 15) is 0 Å². The lowest BCUT2D eigenvalue weighted by Gasteiger charge is -2.41. The summed E-state index contributed by atoms with van der Waals surface area (Å²) in [4.78, 5) is 4.73. The maximum atomic E-state index is 5.89. The summed E-state index contributed by atoms with van der Waals surface area (Å²) in [5, 5.41) is 0. The predicted molar refractivity (Wildman–Crippen MR) is 136 cm³/mol. The number of thioether (sulfide) groups is 1. The minimum atomic E-state index is 0.452. The van der Waals surface area contributed by atoms with Gasteiger partial charge in [0.25, 0.3) is 0 Å². The lowest BCUT2D eigenvalue weighted by atomic mass is 9.81. The molecular formula is C26H36N2S2. The molecule has 0 aliphatic heterocycles. The number of nitrogens with zero attached hydrogens (tertiary/aromatic N) is 2. The Labute approximate surface area is 193 Å². The molecule has 0 N–H and O–H groups in total. The van der Waals surface area contributed by atoms with E-state index < -0.39 is 0 Å². The summed E-state index contributed by atoms with van der Waals surface area (Å²) in [5.74, 6) is 1.64. The van der Waals surface area contributed by atoms with E-state index in [0.29, 0.717) is 18.0 Å². The monoisotopic (exact) mass is 440 g/mol. The summed E-state index contributed by atoms with van der Waals surface area (Å²) in [5.41, 5.74) is 4.24. The van der Waals surface area contributed by atoms with Crippen LogP contribution in [-0.4, -0.2) is 40.3 Å². The molecule has 1 fully saturated rings. The maximum Gasteiger partial charge on any atom is 0.137 e. The zero-order chi connectivity index (χ0) is 21.5. The Bertz CT molecular complexity index is 778. The van der Waals surface area contributed by atoms with E-state index in [2.05, 4.69) is 92.3 Å². The number of thiocarbonyl (C=S) groups is 1. The van der Waals surface area contributed by atoms with Gasteiger partial charge in [-0.2, -0.15) is 0 Å². The summed E-state index contributed by atoms with van der Waals surface area (Å²) in [6.07, 6.45) is 4.97. The average Bonchev–Trinajstić information content (AvgIpc) is 2.74. The third-order valence-corrected chi connectivity index (χ3v) is 7.51. The van der Waals surface area contributed by atoms with Gasteiger partial charge in [-0.1, -0.05) is 78.6 Å². The van der Waals surface area contributed by atoms with Crippen LogP contribution < -0.4 is 0 Å². The second kappa shape index (κ2) is 11.3. The number of hydrogen-bond acceptors (Lipinski definition) is 3. The first-order valence-electron chi connectivity index (χ1n) is 11.2. The molecule has 30 heavy (non-hydrogen) atoms. The molecule has 0 amide bonds. The quantitative estimate of drug-likeness (QED) is 0.442. The van der Waals surface area contributed by atoms with Crippen LogP contribution in [-0.2, 0) is 12.3 Å². The van der Waals surface area contributed by atoms with Gasteiger partial charge in [0.15, 0.2) is 0 Å². The van der Waals surface area contributed by atoms with Crippen molar-refractivity contribution in [2.75, 3.05) is 14.1 Å². The van der Waals surface area contributed by atoms with Gasteiger partial charge < -0.3 is 9.80 Å². The molecule has 2 aromatic carbocycles. The number of rotatable bonds is 7. The van der Waals surface area contributed by atoms with Gasteiger partial charge in [0.05, 0.1) is 0 Å². The van der Waals surface area contributed by atoms with Gasteiger partial charge in [-0.15, -0.1) is 0 Å². The van der Waals surface area contributed by atoms with Crippen molar-refractivity contribution in [3.05, 3.63) is 71.3 Å². The lowest BCUT2D eigenvalue weighted by Crippen LogP contribution is -2.44. The minimum absolute atomic E-state index is 0.452. The van der Waals surface area contributed by atoms with Crippen LogP contribution in [0.4, 0.5) is 0 Å². The molecule has 0 spiro atoms. The third kappa shape index (κ3) is 6.57. The Kier molecular flexibility index (Phi) is 8.79. The maximum absolute atomic E-state index is 5.89. The normalized spacial score (nSPS) is 19.3. The highest BCUT2D eigenvalue weighted by Gasteiger charge is 2.29. The Balaban J connectivity index is 1.55. The summed E-state index contributed by atoms with van der Waals surface area (Å²) in [7, 11) is 4.25. The Hall–Kier alpha value is -1.36. The molecule has 3 rings (SSSR count). The molecule has 2 nitrogen and oxygen atoms in total. The van der Waals surface area contributed by atoms with Crippen molar-refractivity contribution in [2.24, 2.45) is 0 Å². The molecule has 1 saturated carbocycles. The van der Waals surface area contributed by atoms with Crippen molar-refractivity contribution in [1.29, 1.82) is 0 Å². The molecule has 1 aliphatic rings. The molecular weight excluding hydrogens is 404 g/mol. The average molecular weight is 441 g/mol. The van der Waals surface area contributed by atoms with Crippen LogP contribution >= 0.6 is 24.0 Å². The Morgan fingerprint density at radius 1 is 0.933 bits per heavy atom. The van der Waals surface area contributed by atoms with Gasteiger partial charge in [-0.3, -0.25) is 0 Å². The summed E-state index contributed by atoms with van der Waals surface area (Å²) < 4.78 is 1.06. The fraction of sp³-hybridized carbons (Fsp3) is 0.500. The van der Waals surface area contributed by atoms with E-state index in [-0.39, 0.29) is 0 Å². The van der Waals surface area contributed by atoms with Gasteiger partial charge >= 0.3 is 0 Å². The molecule has 0 radical (unpaired) electrons. The molecule has 162 valence electrons. The second-order valence-electron chi connectivity index (χ2n) is 9.03. The van der Waals surface area contributed by atoms with E-state index in [1.807, 2.05) is 11.8 Å². The molecule has 0 unspecified atom stereocenters. The molecule has 0 heterocycles. The smallest absolute Gasteiger partial charge is 0.137 e. The topological polar surface area (TPSA) is 6.48 Å². The summed E-state index contributed by atoms with van der Waals surface area (Å²) >= 11 is 7.70. The van der Waals surface area contributed by atoms with E-state index in [1.165, 1.54) is 42.4 Å². The molecule has 0 saturated heterocycles. The third-order valence-electron chi connectivity index (χ3n) is 6.01. The lowest BCUT2D eigenvalue weighted by molar-refractivity contribution is 0.205. The van der Waals surface area contributed by atoms with Crippen molar-refractivity contribution >= 4 is 28.3 Å². The van der Waals surface area contributed by atoms with Crippen LogP contribution in [0, 0.1) is 0 Å². The standard InChI is InChI=1S/C26H36N2S2/c1-20(2)28(26(29)30-19-22-8-6-5-7-9-22)25-16-14-24(15-17-25)23-12-10-21(11-13-23)18-27(3)4/h5-13,20,24-25H,14-19H2,1-4H3. The van der Waals surface area contributed by atoms with Crippen LogP contribution in [0.1, 0.15) is 62.1 Å². The summed E-state index contributed by atoms with van der Waals surface area (Å²) in [6.45, 7) is 5.57. The fourth-order valence-corrected chi connectivity index (χ4v) is 6.05. The fourth-order valence-electron chi connectivity index (χ4n) is 4.52. The van der Waals surface area contributed by atoms with Crippen molar-refractivity contribution in [3.8, 4) is 0 Å². The van der Waals surface area contributed by atoms with Gasteiger partial charge in [-0.25, -0.2) is 0 Å². The van der Waals surface area contributed by atoms with Gasteiger partial charge in [-0.05, 0) is 76.2 Å². The zero-order valence-corrected chi connectivity index (χ0v) is 20.5. The zero-order valence-electron chi connectivity index (χ0n) is 18.9. The van der Waals surface area contributed by atoms with Crippen molar-refractivity contribution < 1.29 is 0 Å². The van der Waals surface area contributed by atoms with Crippen LogP contribution in [0.3, 0.4) is 0 Å². The molecule has 2 aromatic rings. The first-order chi connectivity index (χ1) is 14.4. The van der Waals surface area contributed by atoms with Crippen LogP contribution in [0.5, 0.6) is 0 Å². The Morgan fingerprint density at radius 3 is 2.13 bits per heavy atom. The van der Waals surface area contributed by atoms with Gasteiger partial charge in [0, 0.05) is 24.4 Å². The van der Waals surface area contributed by atoms with E-state index in [0.717, 1.165) is 16.6 Å². The van der Waals surface area contributed by atoms with Gasteiger partial charge in [0.2, 0.25) is 0 Å². The largest absolute Gasteiger partial charge is 0.352 e. The van der Waals surface area contributed by atoms with Crippen molar-refractivity contribution in [1.82, 2.24) is 9.80 Å². The SMILES string of the molecule is CC(C)N(C(=S)SCc1ccccc1)C1CCC(c2ccc(CN(C)C)cc2)CC1. The first-order valence-corrected chi connectivity index (χ1v) is 12.6. The first kappa shape index (κ1) is 23.3. The number of benzene rings is 2. The Morgan fingerprint density at radius 2 is 1.57 bits per heavy atom. The predicted octanol–water partition coefficient (Wildman–Crippen LogP) is 6.70. The highest BCUT2D eigenvalue weighted by atomic mass is 32.2. The molecule has 0 atom stereocenters. The summed E-state index contributed by atoms with van der Waals surface area (Å²) in [6, 6.07) is 21.0. The minimum Gasteiger partial charge on any atom is -0.352 e. The second-order valence-corrected chi connectivity index (χ2v) is 10.6. The van der Waals surface area contributed by atoms with E-state index >= 15 is 0 Å². The van der Waals surface area contributed by atoms with E-state index in [4.69, 9.17) is 12.2 Å². The van der Waals surface area contributed by atoms with Crippen LogP contribution in [0.25, 0.3) is 0 Å². The number of hydrogen-bond donors (Lipinski definition) is 0. The van der Waals surface area contributed by atoms with Crippen LogP contribution in [0.15, 0.2) is 54.6 Å². The van der Waals surface area contributed by atoms with Crippen molar-refractivity contribution in [3.63, 3.8) is 0 Å². The molecule has 1 aliphatic carbocycles.